The van der Waals surface area contributed by atoms with Crippen molar-refractivity contribution < 1.29 is 9.59 Å². The van der Waals surface area contributed by atoms with Crippen molar-refractivity contribution in [1.82, 2.24) is 14.5 Å². The summed E-state index contributed by atoms with van der Waals surface area (Å²) in [6.07, 6.45) is 11.0. The lowest BCUT2D eigenvalue weighted by molar-refractivity contribution is -0.136. The van der Waals surface area contributed by atoms with Gasteiger partial charge in [0.25, 0.3) is 0 Å². The Bertz CT molecular complexity index is 815. The van der Waals surface area contributed by atoms with Crippen molar-refractivity contribution in [1.29, 1.82) is 0 Å². The highest BCUT2D eigenvalue weighted by atomic mass is 16.2. The molecule has 3 heterocycles. The maximum Gasteiger partial charge on any atom is 0.225 e. The van der Waals surface area contributed by atoms with Gasteiger partial charge < -0.3 is 14.8 Å². The van der Waals surface area contributed by atoms with Crippen molar-refractivity contribution in [2.45, 2.75) is 44.4 Å². The van der Waals surface area contributed by atoms with E-state index in [1.807, 2.05) is 17.7 Å². The molecule has 2 aromatic rings. The first kappa shape index (κ1) is 17.1. The molecule has 1 aliphatic carbocycles. The lowest BCUT2D eigenvalue weighted by atomic mass is 9.89. The molecule has 2 aliphatic rings. The number of amides is 2. The Labute approximate surface area is 153 Å². The van der Waals surface area contributed by atoms with E-state index in [0.717, 1.165) is 49.8 Å². The topological polar surface area (TPSA) is 67.2 Å². The van der Waals surface area contributed by atoms with Gasteiger partial charge >= 0.3 is 0 Å². The van der Waals surface area contributed by atoms with Crippen molar-refractivity contribution in [2.75, 3.05) is 18.4 Å². The lowest BCUT2D eigenvalue weighted by Gasteiger charge is -2.33. The number of carbonyl (C=O) groups excluding carboxylic acids is 2. The van der Waals surface area contributed by atoms with E-state index in [1.54, 1.807) is 6.20 Å². The minimum Gasteiger partial charge on any atom is -0.342 e. The van der Waals surface area contributed by atoms with Gasteiger partial charge in [-0.2, -0.15) is 0 Å². The molecule has 138 valence electrons. The first-order valence-corrected chi connectivity index (χ1v) is 9.61. The van der Waals surface area contributed by atoms with Crippen LogP contribution in [0, 0.1) is 5.92 Å². The van der Waals surface area contributed by atoms with Crippen LogP contribution in [0.15, 0.2) is 18.5 Å². The van der Waals surface area contributed by atoms with Gasteiger partial charge in [0.2, 0.25) is 12.3 Å². The lowest BCUT2D eigenvalue weighted by Crippen LogP contribution is -2.40. The van der Waals surface area contributed by atoms with Crippen LogP contribution in [0.4, 0.5) is 5.69 Å². The van der Waals surface area contributed by atoms with Gasteiger partial charge in [-0.3, -0.25) is 9.59 Å². The molecule has 0 aromatic carbocycles. The zero-order valence-electron chi connectivity index (χ0n) is 15.3. The van der Waals surface area contributed by atoms with Gasteiger partial charge in [0, 0.05) is 37.6 Å². The largest absolute Gasteiger partial charge is 0.342 e. The fraction of sp³-hybridized carbons (Fsp3) is 0.550. The van der Waals surface area contributed by atoms with E-state index in [9.17, 15) is 9.59 Å². The van der Waals surface area contributed by atoms with E-state index in [2.05, 4.69) is 21.4 Å². The molecule has 2 aromatic heterocycles. The van der Waals surface area contributed by atoms with Crippen LogP contribution >= 0.6 is 0 Å². The van der Waals surface area contributed by atoms with Gasteiger partial charge in [-0.1, -0.05) is 12.8 Å². The number of carbonyl (C=O) groups is 2. The summed E-state index contributed by atoms with van der Waals surface area (Å²) < 4.78 is 2.05. The molecule has 0 spiro atoms. The predicted octanol–water partition coefficient (Wildman–Crippen LogP) is 3.04. The fourth-order valence-electron chi connectivity index (χ4n) is 4.60. The number of hydrogen-bond donors (Lipinski definition) is 1. The van der Waals surface area contributed by atoms with Crippen molar-refractivity contribution in [3.8, 4) is 0 Å². The minimum atomic E-state index is 0.269. The average molecular weight is 354 g/mol. The van der Waals surface area contributed by atoms with Crippen LogP contribution in [-0.4, -0.2) is 39.9 Å². The van der Waals surface area contributed by atoms with E-state index >= 15 is 0 Å². The second kappa shape index (κ2) is 7.09. The molecule has 1 N–H and O–H groups in total. The molecule has 0 atom stereocenters. The molecular weight excluding hydrogens is 328 g/mol. The number of rotatable bonds is 4. The molecule has 2 amide bonds. The number of anilines is 1. The Morgan fingerprint density at radius 1 is 1.23 bits per heavy atom. The molecule has 2 fully saturated rings. The van der Waals surface area contributed by atoms with Crippen LogP contribution in [0.1, 0.15) is 50.0 Å². The molecule has 1 aliphatic heterocycles. The number of pyridine rings is 1. The SMILES string of the molecule is Cn1cc(C2CCN(C(=O)C3CCCC3)CC2)c2cc(NC=O)cnc21. The second-order valence-corrected chi connectivity index (χ2v) is 7.63. The molecule has 6 nitrogen and oxygen atoms in total. The van der Waals surface area contributed by atoms with E-state index in [4.69, 9.17) is 0 Å². The van der Waals surface area contributed by atoms with Crippen LogP contribution in [0.3, 0.4) is 0 Å². The van der Waals surface area contributed by atoms with E-state index in [0.29, 0.717) is 23.9 Å². The zero-order chi connectivity index (χ0) is 18.1. The Balaban J connectivity index is 1.51. The van der Waals surface area contributed by atoms with Crippen molar-refractivity contribution in [2.24, 2.45) is 13.0 Å². The summed E-state index contributed by atoms with van der Waals surface area (Å²) in [5, 5.41) is 3.78. The number of nitrogens with one attached hydrogen (secondary N) is 1. The van der Waals surface area contributed by atoms with Gasteiger partial charge in [0.1, 0.15) is 5.65 Å². The van der Waals surface area contributed by atoms with Gasteiger partial charge in [0.15, 0.2) is 0 Å². The Morgan fingerprint density at radius 3 is 2.65 bits per heavy atom. The van der Waals surface area contributed by atoms with Gasteiger partial charge in [-0.15, -0.1) is 0 Å². The Morgan fingerprint density at radius 2 is 1.96 bits per heavy atom. The molecule has 0 unspecified atom stereocenters. The highest BCUT2D eigenvalue weighted by Gasteiger charge is 2.31. The van der Waals surface area contributed by atoms with Crippen LogP contribution in [0.5, 0.6) is 0 Å². The molecular formula is C20H26N4O2. The summed E-state index contributed by atoms with van der Waals surface area (Å²) in [6, 6.07) is 2.00. The van der Waals surface area contributed by atoms with Crippen LogP contribution in [0.25, 0.3) is 11.0 Å². The first-order chi connectivity index (χ1) is 12.7. The number of aromatic nitrogens is 2. The van der Waals surface area contributed by atoms with E-state index in [-0.39, 0.29) is 5.92 Å². The van der Waals surface area contributed by atoms with Gasteiger partial charge in [-0.05, 0) is 43.2 Å². The first-order valence-electron chi connectivity index (χ1n) is 9.61. The maximum absolute atomic E-state index is 12.6. The monoisotopic (exact) mass is 354 g/mol. The van der Waals surface area contributed by atoms with Crippen LogP contribution in [0.2, 0.25) is 0 Å². The Hall–Kier alpha value is -2.37. The average Bonchev–Trinajstić information content (AvgIpc) is 3.30. The maximum atomic E-state index is 12.6. The summed E-state index contributed by atoms with van der Waals surface area (Å²) in [4.78, 5) is 29.9. The van der Waals surface area contributed by atoms with Gasteiger partial charge in [0.05, 0.1) is 11.9 Å². The van der Waals surface area contributed by atoms with Crippen molar-refractivity contribution >= 4 is 29.0 Å². The summed E-state index contributed by atoms with van der Waals surface area (Å²) in [5.74, 6) is 1.07. The molecule has 0 radical (unpaired) electrons. The van der Waals surface area contributed by atoms with Crippen LogP contribution in [-0.2, 0) is 16.6 Å². The summed E-state index contributed by atoms with van der Waals surface area (Å²) in [5.41, 5.74) is 2.92. The third-order valence-corrected chi connectivity index (χ3v) is 6.02. The molecule has 26 heavy (non-hydrogen) atoms. The van der Waals surface area contributed by atoms with E-state index < -0.39 is 0 Å². The normalized spacial score (nSPS) is 19.2. The molecule has 1 saturated heterocycles. The number of fused-ring (bicyclic) bond motifs is 1. The molecule has 1 saturated carbocycles. The number of piperidine rings is 1. The third-order valence-electron chi connectivity index (χ3n) is 6.02. The number of nitrogens with zero attached hydrogens (tertiary/aromatic N) is 3. The molecule has 4 rings (SSSR count). The fourth-order valence-corrected chi connectivity index (χ4v) is 4.60. The second-order valence-electron chi connectivity index (χ2n) is 7.63. The summed E-state index contributed by atoms with van der Waals surface area (Å²) >= 11 is 0. The third kappa shape index (κ3) is 3.08. The predicted molar refractivity (Wildman–Crippen MR) is 101 cm³/mol. The zero-order valence-corrected chi connectivity index (χ0v) is 15.3. The highest BCUT2D eigenvalue weighted by Crippen LogP contribution is 2.35. The summed E-state index contributed by atoms with van der Waals surface area (Å²) in [7, 11) is 2.00. The van der Waals surface area contributed by atoms with Crippen LogP contribution < -0.4 is 5.32 Å². The number of likely N-dealkylation sites (tertiary alicyclic amines) is 1. The number of hydrogen-bond acceptors (Lipinski definition) is 3. The highest BCUT2D eigenvalue weighted by molar-refractivity contribution is 5.86. The van der Waals surface area contributed by atoms with Crippen molar-refractivity contribution in [3.05, 3.63) is 24.0 Å². The van der Waals surface area contributed by atoms with E-state index in [1.165, 1.54) is 18.4 Å². The van der Waals surface area contributed by atoms with Gasteiger partial charge in [-0.25, -0.2) is 4.98 Å². The summed E-state index contributed by atoms with van der Waals surface area (Å²) in [6.45, 7) is 1.69. The smallest absolute Gasteiger partial charge is 0.225 e. The van der Waals surface area contributed by atoms with Crippen molar-refractivity contribution in [3.63, 3.8) is 0 Å². The standard InChI is InChI=1S/C20H26N4O2/c1-23-12-18(17-10-16(22-13-25)11-21-19(17)23)14-6-8-24(9-7-14)20(26)15-4-2-3-5-15/h10-15H,2-9H2,1H3,(H,22,25). The molecule has 0 bridgehead atoms. The number of aryl methyl sites for hydroxylation is 1. The Kier molecular flexibility index (Phi) is 4.66. The molecule has 6 heteroatoms. The quantitative estimate of drug-likeness (QED) is 0.858. The minimum absolute atomic E-state index is 0.269.